The number of carbonyl (C=O) groups excluding carboxylic acids is 1. The van der Waals surface area contributed by atoms with Gasteiger partial charge in [0, 0.05) is 12.5 Å². The molecule has 6 heteroatoms. The van der Waals surface area contributed by atoms with Crippen LogP contribution in [-0.2, 0) is 4.79 Å². The lowest BCUT2D eigenvalue weighted by molar-refractivity contribution is -0.130. The first-order valence-corrected chi connectivity index (χ1v) is 8.31. The van der Waals surface area contributed by atoms with Crippen LogP contribution in [0.3, 0.4) is 0 Å². The van der Waals surface area contributed by atoms with Gasteiger partial charge in [0.05, 0.1) is 25.3 Å². The average molecular weight is 309 g/mol. The van der Waals surface area contributed by atoms with Gasteiger partial charge in [0.15, 0.2) is 0 Å². The van der Waals surface area contributed by atoms with Crippen molar-refractivity contribution in [1.82, 2.24) is 10.2 Å². The van der Waals surface area contributed by atoms with Crippen LogP contribution in [-0.4, -0.2) is 53.4 Å². The Labute approximate surface area is 130 Å². The molecule has 1 heterocycles. The van der Waals surface area contributed by atoms with Crippen molar-refractivity contribution >= 4 is 5.91 Å². The van der Waals surface area contributed by atoms with Gasteiger partial charge in [-0.15, -0.1) is 0 Å². The predicted molar refractivity (Wildman–Crippen MR) is 78.5 cm³/mol. The molecule has 1 aliphatic heterocycles. The first-order chi connectivity index (χ1) is 10.6. The Kier molecular flexibility index (Phi) is 4.65. The van der Waals surface area contributed by atoms with Gasteiger partial charge in [-0.1, -0.05) is 0 Å². The molecular weight excluding hydrogens is 285 g/mol. The number of fused-ring (bicyclic) bond motifs is 1. The number of amides is 1. The quantitative estimate of drug-likeness (QED) is 0.815. The maximum Gasteiger partial charge on any atom is 0.237 e. The van der Waals surface area contributed by atoms with Crippen LogP contribution in [0.2, 0.25) is 0 Å². The summed E-state index contributed by atoms with van der Waals surface area (Å²) in [4.78, 5) is 13.6. The fraction of sp³-hybridized carbons (Fsp3) is 0.875. The first-order valence-electron chi connectivity index (χ1n) is 8.31. The maximum atomic E-state index is 13.4. The second-order valence-corrected chi connectivity index (χ2v) is 7.06. The van der Waals surface area contributed by atoms with Gasteiger partial charge in [-0.2, -0.15) is 5.26 Å². The van der Waals surface area contributed by atoms with Crippen LogP contribution in [0.25, 0.3) is 0 Å². The number of halogens is 1. The number of aliphatic hydroxyl groups is 1. The van der Waals surface area contributed by atoms with E-state index in [1.165, 1.54) is 4.90 Å². The fourth-order valence-corrected chi connectivity index (χ4v) is 4.42. The lowest BCUT2D eigenvalue weighted by Crippen LogP contribution is -2.45. The molecule has 3 aliphatic rings. The second kappa shape index (κ2) is 6.51. The Morgan fingerprint density at radius 1 is 1.27 bits per heavy atom. The molecule has 2 saturated carbocycles. The summed E-state index contributed by atoms with van der Waals surface area (Å²) in [7, 11) is 0. The van der Waals surface area contributed by atoms with Gasteiger partial charge in [-0.25, -0.2) is 4.39 Å². The number of alkyl halides is 1. The molecule has 1 unspecified atom stereocenters. The zero-order chi connectivity index (χ0) is 15.7. The molecule has 0 radical (unpaired) electrons. The van der Waals surface area contributed by atoms with Crippen molar-refractivity contribution in [2.24, 2.45) is 11.8 Å². The molecule has 0 aromatic carbocycles. The van der Waals surface area contributed by atoms with E-state index >= 15 is 0 Å². The molecule has 2 aliphatic carbocycles. The highest BCUT2D eigenvalue weighted by Crippen LogP contribution is 2.42. The number of likely N-dealkylation sites (tertiary alicyclic amines) is 1. The number of hydrogen-bond donors (Lipinski definition) is 2. The average Bonchev–Trinajstić information content (AvgIpc) is 3.05. The van der Waals surface area contributed by atoms with Crippen LogP contribution < -0.4 is 5.32 Å². The molecule has 122 valence electrons. The molecule has 0 aromatic rings. The molecule has 2 N–H and O–H groups in total. The minimum Gasteiger partial charge on any atom is -0.393 e. The van der Waals surface area contributed by atoms with Crippen molar-refractivity contribution in [2.45, 2.75) is 62.9 Å². The molecule has 0 bridgehead atoms. The SMILES string of the molecule is N#C[C@@H]1C[C@H](F)CN1C(=O)CNC1CC[C@H]2C[C@H](O)C[C@H]2C1. The number of nitriles is 1. The molecule has 3 fully saturated rings. The van der Waals surface area contributed by atoms with Gasteiger partial charge in [-0.05, 0) is 43.9 Å². The highest BCUT2D eigenvalue weighted by Gasteiger charge is 2.39. The highest BCUT2D eigenvalue weighted by molar-refractivity contribution is 5.79. The zero-order valence-electron chi connectivity index (χ0n) is 12.7. The first kappa shape index (κ1) is 15.7. The van der Waals surface area contributed by atoms with Gasteiger partial charge in [0.2, 0.25) is 5.91 Å². The minimum atomic E-state index is -1.08. The van der Waals surface area contributed by atoms with Crippen molar-refractivity contribution < 1.29 is 14.3 Å². The van der Waals surface area contributed by atoms with Gasteiger partial charge in [0.25, 0.3) is 0 Å². The number of nitrogens with zero attached hydrogens (tertiary/aromatic N) is 2. The van der Waals surface area contributed by atoms with E-state index in [1.54, 1.807) is 0 Å². The van der Waals surface area contributed by atoms with Crippen molar-refractivity contribution in [3.05, 3.63) is 0 Å². The molecule has 6 atom stereocenters. The summed E-state index contributed by atoms with van der Waals surface area (Å²) in [6, 6.07) is 1.68. The monoisotopic (exact) mass is 309 g/mol. The van der Waals surface area contributed by atoms with Crippen molar-refractivity contribution in [1.29, 1.82) is 5.26 Å². The molecule has 1 amide bonds. The summed E-state index contributed by atoms with van der Waals surface area (Å²) < 4.78 is 13.4. The van der Waals surface area contributed by atoms with E-state index in [1.807, 2.05) is 6.07 Å². The van der Waals surface area contributed by atoms with Crippen LogP contribution in [0.5, 0.6) is 0 Å². The summed E-state index contributed by atoms with van der Waals surface area (Å²) in [5.41, 5.74) is 0. The normalized spacial score (nSPS) is 41.2. The third-order valence-electron chi connectivity index (χ3n) is 5.55. The topological polar surface area (TPSA) is 76.4 Å². The Morgan fingerprint density at radius 3 is 2.82 bits per heavy atom. The van der Waals surface area contributed by atoms with E-state index in [2.05, 4.69) is 5.32 Å². The number of carbonyl (C=O) groups is 1. The van der Waals surface area contributed by atoms with Crippen LogP contribution in [0, 0.1) is 23.2 Å². The summed E-state index contributed by atoms with van der Waals surface area (Å²) >= 11 is 0. The van der Waals surface area contributed by atoms with E-state index in [-0.39, 0.29) is 31.5 Å². The van der Waals surface area contributed by atoms with Gasteiger partial charge in [-0.3, -0.25) is 4.79 Å². The number of nitrogens with one attached hydrogen (secondary N) is 1. The van der Waals surface area contributed by atoms with E-state index in [4.69, 9.17) is 5.26 Å². The summed E-state index contributed by atoms with van der Waals surface area (Å²) in [6.45, 7) is 0.218. The van der Waals surface area contributed by atoms with E-state index in [9.17, 15) is 14.3 Å². The van der Waals surface area contributed by atoms with Crippen molar-refractivity contribution in [3.63, 3.8) is 0 Å². The van der Waals surface area contributed by atoms with E-state index < -0.39 is 12.2 Å². The van der Waals surface area contributed by atoms with Crippen LogP contribution in [0.4, 0.5) is 4.39 Å². The zero-order valence-corrected chi connectivity index (χ0v) is 12.7. The number of rotatable bonds is 3. The Bertz CT molecular complexity index is 467. The Balaban J connectivity index is 1.47. The molecule has 0 spiro atoms. The van der Waals surface area contributed by atoms with Crippen LogP contribution in [0.15, 0.2) is 0 Å². The van der Waals surface area contributed by atoms with E-state index in [0.29, 0.717) is 17.9 Å². The Hall–Kier alpha value is -1.19. The second-order valence-electron chi connectivity index (χ2n) is 7.06. The largest absolute Gasteiger partial charge is 0.393 e. The molecule has 5 nitrogen and oxygen atoms in total. The molecule has 0 aromatic heterocycles. The number of hydrogen-bond acceptors (Lipinski definition) is 4. The lowest BCUT2D eigenvalue weighted by Gasteiger charge is -2.32. The summed E-state index contributed by atoms with van der Waals surface area (Å²) in [5, 5.41) is 22.0. The summed E-state index contributed by atoms with van der Waals surface area (Å²) in [5.74, 6) is 1.02. The highest BCUT2D eigenvalue weighted by atomic mass is 19.1. The Morgan fingerprint density at radius 2 is 2.05 bits per heavy atom. The van der Waals surface area contributed by atoms with E-state index in [0.717, 1.165) is 32.1 Å². The molecule has 22 heavy (non-hydrogen) atoms. The van der Waals surface area contributed by atoms with Gasteiger partial charge in [0.1, 0.15) is 12.2 Å². The third-order valence-corrected chi connectivity index (χ3v) is 5.55. The van der Waals surface area contributed by atoms with Crippen LogP contribution in [0.1, 0.15) is 38.5 Å². The maximum absolute atomic E-state index is 13.4. The van der Waals surface area contributed by atoms with Crippen molar-refractivity contribution in [2.75, 3.05) is 13.1 Å². The smallest absolute Gasteiger partial charge is 0.237 e. The summed E-state index contributed by atoms with van der Waals surface area (Å²) in [6.07, 6.45) is 3.82. The van der Waals surface area contributed by atoms with Gasteiger partial charge >= 0.3 is 0 Å². The fourth-order valence-electron chi connectivity index (χ4n) is 4.42. The third kappa shape index (κ3) is 3.26. The lowest BCUT2D eigenvalue weighted by atomic mass is 9.79. The standard InChI is InChI=1S/C16H24FN3O2/c17-12-6-14(7-18)20(9-12)16(22)8-19-13-2-1-10-4-15(21)5-11(10)3-13/h10-15,19,21H,1-6,8-9H2/t10-,11+,12-,13?,14-,15-/m0/s1. The van der Waals surface area contributed by atoms with Gasteiger partial charge < -0.3 is 15.3 Å². The minimum absolute atomic E-state index is 0.0420. The molecule has 1 saturated heterocycles. The number of aliphatic hydroxyl groups excluding tert-OH is 1. The predicted octanol–water partition coefficient (Wildman–Crippen LogP) is 0.978. The van der Waals surface area contributed by atoms with Crippen LogP contribution >= 0.6 is 0 Å². The van der Waals surface area contributed by atoms with Crippen molar-refractivity contribution in [3.8, 4) is 6.07 Å². The molecular formula is C16H24FN3O2. The molecule has 3 rings (SSSR count).